The molecule has 3 heteroatoms. The van der Waals surface area contributed by atoms with Crippen molar-refractivity contribution in [2.24, 2.45) is 5.73 Å². The summed E-state index contributed by atoms with van der Waals surface area (Å²) in [5, 5.41) is 0. The molecule has 0 aromatic heterocycles. The Morgan fingerprint density at radius 2 is 1.67 bits per heavy atom. The van der Waals surface area contributed by atoms with Crippen molar-refractivity contribution in [3.05, 3.63) is 35.4 Å². The van der Waals surface area contributed by atoms with Gasteiger partial charge in [-0.3, -0.25) is 0 Å². The molecular weight excluding hydrogens is 232 g/mol. The highest BCUT2D eigenvalue weighted by atomic mass is 19.3. The van der Waals surface area contributed by atoms with Gasteiger partial charge in [-0.25, -0.2) is 8.78 Å². The molecule has 2 N–H and O–H groups in total. The van der Waals surface area contributed by atoms with Crippen LogP contribution in [0.25, 0.3) is 0 Å². The number of nitrogens with two attached hydrogens (primary N) is 1. The van der Waals surface area contributed by atoms with Gasteiger partial charge in [-0.2, -0.15) is 0 Å². The zero-order valence-electron chi connectivity index (χ0n) is 10.7. The molecule has 1 aromatic rings. The Kier molecular flexibility index (Phi) is 4.33. The van der Waals surface area contributed by atoms with E-state index in [0.29, 0.717) is 12.1 Å². The van der Waals surface area contributed by atoms with Crippen molar-refractivity contribution in [1.82, 2.24) is 0 Å². The molecule has 0 bridgehead atoms. The smallest absolute Gasteiger partial charge is 0.242 e. The van der Waals surface area contributed by atoms with E-state index in [0.717, 1.165) is 12.8 Å². The molecule has 2 rings (SSSR count). The fraction of sp³-hybridized carbons (Fsp3) is 0.600. The van der Waals surface area contributed by atoms with Crippen molar-refractivity contribution in [2.75, 3.05) is 6.54 Å². The van der Waals surface area contributed by atoms with Crippen LogP contribution >= 0.6 is 0 Å². The molecule has 1 fully saturated rings. The van der Waals surface area contributed by atoms with Gasteiger partial charge in [0.15, 0.2) is 0 Å². The topological polar surface area (TPSA) is 26.0 Å². The van der Waals surface area contributed by atoms with Crippen LogP contribution in [0.4, 0.5) is 8.78 Å². The third-order valence-electron chi connectivity index (χ3n) is 4.16. The minimum Gasteiger partial charge on any atom is -0.330 e. The van der Waals surface area contributed by atoms with Crippen LogP contribution in [-0.2, 0) is 11.8 Å². The molecule has 1 aromatic carbocycles. The van der Waals surface area contributed by atoms with Crippen LogP contribution in [0, 0.1) is 0 Å². The summed E-state index contributed by atoms with van der Waals surface area (Å²) < 4.78 is 24.6. The van der Waals surface area contributed by atoms with Gasteiger partial charge in [0, 0.05) is 18.4 Å². The molecular formula is C15H21F2N. The monoisotopic (exact) mass is 253 g/mol. The van der Waals surface area contributed by atoms with E-state index >= 15 is 0 Å². The molecule has 1 saturated carbocycles. The van der Waals surface area contributed by atoms with Crippen LogP contribution in [0.1, 0.15) is 43.2 Å². The third kappa shape index (κ3) is 2.89. The first kappa shape index (κ1) is 13.5. The summed E-state index contributed by atoms with van der Waals surface area (Å²) >= 11 is 0. The number of hydrogen-bond donors (Lipinski definition) is 1. The first-order valence-electron chi connectivity index (χ1n) is 6.74. The van der Waals surface area contributed by atoms with Crippen LogP contribution in [0.5, 0.6) is 0 Å². The second-order valence-electron chi connectivity index (χ2n) is 5.34. The number of hydrogen-bond acceptors (Lipinski definition) is 1. The standard InChI is InChI=1S/C15H21F2N/c16-14(17)10-12-4-6-13(7-5-12)15(11-18)8-2-1-3-9-15/h4-7,14H,1-3,8-11,18H2. The van der Waals surface area contributed by atoms with E-state index in [1.165, 1.54) is 24.8 Å². The molecule has 0 spiro atoms. The minimum absolute atomic E-state index is 0.0849. The predicted octanol–water partition coefficient (Wildman–Crippen LogP) is 3.65. The summed E-state index contributed by atoms with van der Waals surface area (Å²) in [7, 11) is 0. The van der Waals surface area contributed by atoms with Crippen LogP contribution in [0.3, 0.4) is 0 Å². The van der Waals surface area contributed by atoms with Crippen molar-refractivity contribution in [1.29, 1.82) is 0 Å². The fourth-order valence-electron chi connectivity index (χ4n) is 3.01. The predicted molar refractivity (Wildman–Crippen MR) is 70.0 cm³/mol. The van der Waals surface area contributed by atoms with Crippen molar-refractivity contribution in [2.45, 2.75) is 50.4 Å². The van der Waals surface area contributed by atoms with Gasteiger partial charge in [-0.05, 0) is 24.0 Å². The third-order valence-corrected chi connectivity index (χ3v) is 4.16. The lowest BCUT2D eigenvalue weighted by atomic mass is 9.69. The van der Waals surface area contributed by atoms with Crippen molar-refractivity contribution < 1.29 is 8.78 Å². The summed E-state index contributed by atoms with van der Waals surface area (Å²) in [5.74, 6) is 0. The van der Waals surface area contributed by atoms with Crippen molar-refractivity contribution in [3.63, 3.8) is 0 Å². The van der Waals surface area contributed by atoms with E-state index in [1.54, 1.807) is 0 Å². The molecule has 1 aliphatic rings. The van der Waals surface area contributed by atoms with E-state index < -0.39 is 6.43 Å². The molecule has 0 unspecified atom stereocenters. The minimum atomic E-state index is -2.27. The number of halogens is 2. The maximum Gasteiger partial charge on any atom is 0.242 e. The molecule has 0 saturated heterocycles. The van der Waals surface area contributed by atoms with Crippen molar-refractivity contribution in [3.8, 4) is 0 Å². The maximum absolute atomic E-state index is 12.3. The zero-order valence-corrected chi connectivity index (χ0v) is 10.7. The lowest BCUT2D eigenvalue weighted by molar-refractivity contribution is 0.149. The van der Waals surface area contributed by atoms with Crippen LogP contribution in [0.15, 0.2) is 24.3 Å². The first-order valence-corrected chi connectivity index (χ1v) is 6.74. The van der Waals surface area contributed by atoms with E-state index in [9.17, 15) is 8.78 Å². The lowest BCUT2D eigenvalue weighted by Crippen LogP contribution is -2.37. The average molecular weight is 253 g/mol. The maximum atomic E-state index is 12.3. The molecule has 1 aliphatic carbocycles. The second-order valence-corrected chi connectivity index (χ2v) is 5.34. The van der Waals surface area contributed by atoms with E-state index in [4.69, 9.17) is 5.73 Å². The van der Waals surface area contributed by atoms with Gasteiger partial charge in [0.05, 0.1) is 0 Å². The van der Waals surface area contributed by atoms with Crippen LogP contribution < -0.4 is 5.73 Å². The van der Waals surface area contributed by atoms with E-state index in [1.807, 2.05) is 24.3 Å². The number of benzene rings is 1. The molecule has 0 atom stereocenters. The average Bonchev–Trinajstić information content (AvgIpc) is 2.39. The van der Waals surface area contributed by atoms with Gasteiger partial charge in [0.25, 0.3) is 0 Å². The van der Waals surface area contributed by atoms with Crippen LogP contribution in [0.2, 0.25) is 0 Å². The van der Waals surface area contributed by atoms with Crippen molar-refractivity contribution >= 4 is 0 Å². The normalized spacial score (nSPS) is 19.1. The molecule has 0 heterocycles. The first-order chi connectivity index (χ1) is 8.66. The molecule has 100 valence electrons. The summed E-state index contributed by atoms with van der Waals surface area (Å²) in [6, 6.07) is 7.65. The SMILES string of the molecule is NCC1(c2ccc(CC(F)F)cc2)CCCCC1. The van der Waals surface area contributed by atoms with Gasteiger partial charge in [-0.1, -0.05) is 43.5 Å². The Balaban J connectivity index is 2.16. The molecule has 0 amide bonds. The fourth-order valence-corrected chi connectivity index (χ4v) is 3.01. The molecule has 0 aliphatic heterocycles. The Morgan fingerprint density at radius 3 is 2.17 bits per heavy atom. The Hall–Kier alpha value is -0.960. The Morgan fingerprint density at radius 1 is 1.06 bits per heavy atom. The molecule has 0 radical (unpaired) electrons. The van der Waals surface area contributed by atoms with E-state index in [2.05, 4.69) is 0 Å². The largest absolute Gasteiger partial charge is 0.330 e. The van der Waals surface area contributed by atoms with Gasteiger partial charge >= 0.3 is 0 Å². The van der Waals surface area contributed by atoms with E-state index in [-0.39, 0.29) is 11.8 Å². The van der Waals surface area contributed by atoms with Gasteiger partial charge in [-0.15, -0.1) is 0 Å². The highest BCUT2D eigenvalue weighted by molar-refractivity contribution is 5.30. The van der Waals surface area contributed by atoms with Gasteiger partial charge in [0.1, 0.15) is 0 Å². The summed E-state index contributed by atoms with van der Waals surface area (Å²) in [6.07, 6.45) is 3.54. The highest BCUT2D eigenvalue weighted by Crippen LogP contribution is 2.38. The summed E-state index contributed by atoms with van der Waals surface area (Å²) in [6.45, 7) is 0.654. The number of alkyl halides is 2. The van der Waals surface area contributed by atoms with Crippen LogP contribution in [-0.4, -0.2) is 13.0 Å². The lowest BCUT2D eigenvalue weighted by Gasteiger charge is -2.37. The molecule has 1 nitrogen and oxygen atoms in total. The zero-order chi connectivity index (χ0) is 13.0. The highest BCUT2D eigenvalue weighted by Gasteiger charge is 2.32. The Bertz CT molecular complexity index is 367. The molecule has 18 heavy (non-hydrogen) atoms. The Labute approximate surface area is 107 Å². The van der Waals surface area contributed by atoms with Gasteiger partial charge < -0.3 is 5.73 Å². The van der Waals surface area contributed by atoms with Gasteiger partial charge in [0.2, 0.25) is 6.43 Å². The summed E-state index contributed by atoms with van der Waals surface area (Å²) in [5.41, 5.74) is 7.98. The number of rotatable bonds is 4. The quantitative estimate of drug-likeness (QED) is 0.870. The second kappa shape index (κ2) is 5.79. The summed E-state index contributed by atoms with van der Waals surface area (Å²) in [4.78, 5) is 0.